The molecule has 0 atom stereocenters. The van der Waals surface area contributed by atoms with Crippen molar-refractivity contribution >= 4 is 48.6 Å². The molecule has 3 heteroatoms. The molecule has 10 rings (SSSR count). The van der Waals surface area contributed by atoms with E-state index < -0.39 is 5.41 Å². The van der Waals surface area contributed by atoms with Crippen LogP contribution in [0, 0.1) is 0 Å². The fraction of sp³-hybridized carbons (Fsp3) is 0.0227. The predicted molar refractivity (Wildman–Crippen MR) is 197 cm³/mol. The van der Waals surface area contributed by atoms with Gasteiger partial charge in [-0.05, 0) is 93.0 Å². The third-order valence-electron chi connectivity index (χ3n) is 10.1. The number of benzene rings is 7. The monoisotopic (exact) mass is 617 g/mol. The first-order valence-corrected chi connectivity index (χ1v) is 16.8. The lowest BCUT2D eigenvalue weighted by molar-refractivity contribution is 0.754. The second kappa shape index (κ2) is 9.86. The van der Waals surface area contributed by atoms with Crippen molar-refractivity contribution in [2.75, 3.05) is 4.90 Å². The normalized spacial score (nSPS) is 13.7. The van der Waals surface area contributed by atoms with Crippen LogP contribution < -0.4 is 10.3 Å². The minimum Gasteiger partial charge on any atom is -0.310 e. The summed E-state index contributed by atoms with van der Waals surface area (Å²) >= 11 is 1.71. The third-order valence-corrected chi connectivity index (χ3v) is 11.2. The fourth-order valence-corrected chi connectivity index (χ4v) is 9.19. The fourth-order valence-electron chi connectivity index (χ4n) is 8.12. The van der Waals surface area contributed by atoms with Gasteiger partial charge in [-0.15, -0.1) is 11.3 Å². The molecule has 7 aromatic carbocycles. The van der Waals surface area contributed by atoms with Gasteiger partial charge in [-0.2, -0.15) is 0 Å². The Labute approximate surface area is 276 Å². The van der Waals surface area contributed by atoms with Crippen LogP contribution in [0.4, 0.5) is 17.1 Å². The number of para-hydroxylation sites is 3. The van der Waals surface area contributed by atoms with Gasteiger partial charge >= 0.3 is 0 Å². The SMILES string of the molecule is O=c1c2cc(-c3ccccc3)ccc2sc2cc3c(cc12)-c1ccccc1C31c2ccccc2N(c2ccccc2)c2ccccc21. The van der Waals surface area contributed by atoms with E-state index in [4.69, 9.17) is 0 Å². The van der Waals surface area contributed by atoms with Crippen molar-refractivity contribution < 1.29 is 0 Å². The number of fused-ring (bicyclic) bond motifs is 11. The Hall–Kier alpha value is -5.77. The van der Waals surface area contributed by atoms with Gasteiger partial charge in [0.15, 0.2) is 5.43 Å². The van der Waals surface area contributed by atoms with Crippen LogP contribution in [0.25, 0.3) is 42.4 Å². The third kappa shape index (κ3) is 3.58. The van der Waals surface area contributed by atoms with E-state index >= 15 is 0 Å². The summed E-state index contributed by atoms with van der Waals surface area (Å²) in [6.07, 6.45) is 0. The van der Waals surface area contributed by atoms with Crippen LogP contribution in [0.3, 0.4) is 0 Å². The summed E-state index contributed by atoms with van der Waals surface area (Å²) < 4.78 is 2.02. The molecule has 0 N–H and O–H groups in total. The lowest BCUT2D eigenvalue weighted by Crippen LogP contribution is -2.36. The van der Waals surface area contributed by atoms with Gasteiger partial charge in [-0.25, -0.2) is 0 Å². The maximum absolute atomic E-state index is 14.3. The van der Waals surface area contributed by atoms with Crippen LogP contribution in [-0.2, 0) is 5.41 Å². The van der Waals surface area contributed by atoms with E-state index in [1.807, 2.05) is 18.2 Å². The number of hydrogen-bond donors (Lipinski definition) is 0. The molecule has 2 heterocycles. The molecule has 1 aliphatic heterocycles. The average molecular weight is 618 g/mol. The Morgan fingerprint density at radius 2 is 1.04 bits per heavy atom. The zero-order valence-corrected chi connectivity index (χ0v) is 26.2. The van der Waals surface area contributed by atoms with Crippen molar-refractivity contribution in [2.45, 2.75) is 5.41 Å². The highest BCUT2D eigenvalue weighted by Crippen LogP contribution is 2.63. The summed E-state index contributed by atoms with van der Waals surface area (Å²) in [6, 6.07) is 58.2. The van der Waals surface area contributed by atoms with Crippen LogP contribution in [0.5, 0.6) is 0 Å². The highest BCUT2D eigenvalue weighted by atomic mass is 32.1. The first-order chi connectivity index (χ1) is 23.2. The standard InChI is InChI=1S/C44H27NOS/c46-43-33-25-29(28-13-3-1-4-14-28)23-24-41(33)47-42-27-38-32(26-34(42)43)31-17-7-8-18-35(31)44(38)36-19-9-11-21-39(36)45(30-15-5-2-6-16-30)40-22-12-10-20-37(40)44/h1-27H. The molecule has 2 nitrogen and oxygen atoms in total. The van der Waals surface area contributed by atoms with Crippen molar-refractivity contribution in [2.24, 2.45) is 0 Å². The van der Waals surface area contributed by atoms with E-state index in [1.165, 1.54) is 39.2 Å². The molecule has 0 radical (unpaired) electrons. The lowest BCUT2D eigenvalue weighted by atomic mass is 9.64. The van der Waals surface area contributed by atoms with E-state index in [0.717, 1.165) is 42.6 Å². The molecule has 1 aliphatic carbocycles. The smallest absolute Gasteiger partial charge is 0.195 e. The van der Waals surface area contributed by atoms with E-state index in [0.29, 0.717) is 0 Å². The lowest BCUT2D eigenvalue weighted by Gasteiger charge is -2.45. The highest BCUT2D eigenvalue weighted by molar-refractivity contribution is 7.24. The van der Waals surface area contributed by atoms with Crippen molar-refractivity contribution in [3.8, 4) is 22.3 Å². The van der Waals surface area contributed by atoms with E-state index in [-0.39, 0.29) is 5.43 Å². The summed E-state index contributed by atoms with van der Waals surface area (Å²) in [5.74, 6) is 0. The molecule has 0 saturated heterocycles. The summed E-state index contributed by atoms with van der Waals surface area (Å²) in [7, 11) is 0. The van der Waals surface area contributed by atoms with Crippen LogP contribution >= 0.6 is 11.3 Å². The summed E-state index contributed by atoms with van der Waals surface area (Å²) in [6.45, 7) is 0. The number of anilines is 3. The van der Waals surface area contributed by atoms with Gasteiger partial charge in [0.25, 0.3) is 0 Å². The Morgan fingerprint density at radius 3 is 1.77 bits per heavy atom. The first kappa shape index (κ1) is 26.4. The Kier molecular flexibility index (Phi) is 5.55. The maximum atomic E-state index is 14.3. The van der Waals surface area contributed by atoms with Crippen LogP contribution in [0.15, 0.2) is 169 Å². The van der Waals surface area contributed by atoms with Gasteiger partial charge in [0.2, 0.25) is 0 Å². The number of hydrogen-bond acceptors (Lipinski definition) is 3. The van der Waals surface area contributed by atoms with Gasteiger partial charge in [-0.3, -0.25) is 4.79 Å². The topological polar surface area (TPSA) is 20.3 Å². The average Bonchev–Trinajstić information content (AvgIpc) is 3.42. The zero-order valence-electron chi connectivity index (χ0n) is 25.4. The summed E-state index contributed by atoms with van der Waals surface area (Å²) in [5, 5.41) is 1.55. The minimum absolute atomic E-state index is 0.0902. The van der Waals surface area contributed by atoms with Crippen LogP contribution in [-0.4, -0.2) is 0 Å². The van der Waals surface area contributed by atoms with Gasteiger partial charge < -0.3 is 4.90 Å². The molecule has 0 amide bonds. The molecular weight excluding hydrogens is 591 g/mol. The van der Waals surface area contributed by atoms with Gasteiger partial charge in [0.05, 0.1) is 16.8 Å². The van der Waals surface area contributed by atoms with Gasteiger partial charge in [0.1, 0.15) is 0 Å². The Morgan fingerprint density at radius 1 is 0.447 bits per heavy atom. The molecular formula is C44H27NOS. The Balaban J connectivity index is 1.30. The van der Waals surface area contributed by atoms with Gasteiger partial charge in [-0.1, -0.05) is 115 Å². The quantitative estimate of drug-likeness (QED) is 0.180. The first-order valence-electron chi connectivity index (χ1n) is 16.0. The van der Waals surface area contributed by atoms with Crippen LogP contribution in [0.1, 0.15) is 22.3 Å². The molecule has 1 spiro atoms. The highest BCUT2D eigenvalue weighted by Gasteiger charge is 2.51. The van der Waals surface area contributed by atoms with Crippen molar-refractivity contribution in [3.05, 3.63) is 196 Å². The van der Waals surface area contributed by atoms with E-state index in [9.17, 15) is 4.79 Å². The maximum Gasteiger partial charge on any atom is 0.195 e. The second-order valence-electron chi connectivity index (χ2n) is 12.4. The molecule has 0 saturated carbocycles. The van der Waals surface area contributed by atoms with E-state index in [2.05, 4.69) is 150 Å². The second-order valence-corrected chi connectivity index (χ2v) is 13.5. The summed E-state index contributed by atoms with van der Waals surface area (Å²) in [4.78, 5) is 16.7. The molecule has 0 unspecified atom stereocenters. The molecule has 47 heavy (non-hydrogen) atoms. The number of nitrogens with zero attached hydrogens (tertiary/aromatic N) is 1. The van der Waals surface area contributed by atoms with Crippen molar-refractivity contribution in [3.63, 3.8) is 0 Å². The zero-order chi connectivity index (χ0) is 31.1. The molecule has 0 fully saturated rings. The molecule has 0 bridgehead atoms. The minimum atomic E-state index is -0.541. The summed E-state index contributed by atoms with van der Waals surface area (Å²) in [5.41, 5.74) is 12.5. The number of rotatable bonds is 2. The molecule has 220 valence electrons. The Bertz CT molecular complexity index is 2560. The van der Waals surface area contributed by atoms with E-state index in [1.54, 1.807) is 11.3 Å². The molecule has 8 aromatic rings. The van der Waals surface area contributed by atoms with Crippen molar-refractivity contribution in [1.82, 2.24) is 0 Å². The molecule has 1 aromatic heterocycles. The van der Waals surface area contributed by atoms with Crippen LogP contribution in [0.2, 0.25) is 0 Å². The molecule has 2 aliphatic rings. The van der Waals surface area contributed by atoms with Crippen molar-refractivity contribution in [1.29, 1.82) is 0 Å². The predicted octanol–water partition coefficient (Wildman–Crippen LogP) is 11.2. The largest absolute Gasteiger partial charge is 0.310 e. The van der Waals surface area contributed by atoms with Gasteiger partial charge in [0, 0.05) is 25.9 Å².